The molecule has 0 saturated heterocycles. The van der Waals surface area contributed by atoms with Crippen LogP contribution in [0.4, 0.5) is 10.2 Å². The highest BCUT2D eigenvalue weighted by molar-refractivity contribution is 5.74. The first-order valence-corrected chi connectivity index (χ1v) is 11.6. The van der Waals surface area contributed by atoms with Crippen molar-refractivity contribution in [2.75, 3.05) is 19.1 Å². The molecule has 2 bridgehead atoms. The molecule has 1 N–H and O–H groups in total. The number of nitrogens with zero attached hydrogens (tertiary/aromatic N) is 5. The molecule has 3 aromatic rings. The van der Waals surface area contributed by atoms with Gasteiger partial charge in [0, 0.05) is 30.3 Å². The van der Waals surface area contributed by atoms with E-state index in [9.17, 15) is 9.50 Å². The van der Waals surface area contributed by atoms with Crippen LogP contribution in [-0.4, -0.2) is 45.5 Å². The first-order valence-electron chi connectivity index (χ1n) is 11.6. The van der Waals surface area contributed by atoms with Gasteiger partial charge in [-0.2, -0.15) is 0 Å². The SMILES string of the molecule is COc1cc(-c2cc(O)c(-c3ccc(N(C)C4C[C@]5(C)CC[C@](C)(C4)C5)nn3)cc2F)ncn1. The number of halogens is 1. The Morgan fingerprint density at radius 1 is 1.00 bits per heavy atom. The number of fused-ring (bicyclic) bond motifs is 2. The molecule has 34 heavy (non-hydrogen) atoms. The van der Waals surface area contributed by atoms with Gasteiger partial charge in [-0.25, -0.2) is 14.4 Å². The number of methoxy groups -OCH3 is 1. The average molecular weight is 464 g/mol. The summed E-state index contributed by atoms with van der Waals surface area (Å²) in [6, 6.07) is 8.20. The minimum atomic E-state index is -0.532. The molecule has 2 heterocycles. The van der Waals surface area contributed by atoms with E-state index in [0.717, 1.165) is 18.7 Å². The average Bonchev–Trinajstić information content (AvgIpc) is 3.06. The van der Waals surface area contributed by atoms with Crippen molar-refractivity contribution in [2.45, 2.75) is 52.0 Å². The molecule has 2 aliphatic rings. The third-order valence-corrected chi connectivity index (χ3v) is 7.69. The summed E-state index contributed by atoms with van der Waals surface area (Å²) in [5, 5.41) is 19.4. The number of anilines is 1. The Balaban J connectivity index is 1.39. The Hall–Kier alpha value is -3.29. The van der Waals surface area contributed by atoms with Crippen LogP contribution in [0.15, 0.2) is 36.7 Å². The summed E-state index contributed by atoms with van der Waals surface area (Å²) in [6.07, 6.45) is 7.49. The molecule has 178 valence electrons. The lowest BCUT2D eigenvalue weighted by Crippen LogP contribution is -2.42. The molecule has 1 unspecified atom stereocenters. The fraction of sp³-hybridized carbons (Fsp3) is 0.462. The summed E-state index contributed by atoms with van der Waals surface area (Å²) in [5.41, 5.74) is 1.96. The van der Waals surface area contributed by atoms with Crippen LogP contribution in [0.3, 0.4) is 0 Å². The third kappa shape index (κ3) is 4.06. The van der Waals surface area contributed by atoms with Crippen LogP contribution in [0.1, 0.15) is 46.0 Å². The number of aromatic hydroxyl groups is 1. The van der Waals surface area contributed by atoms with E-state index in [-0.39, 0.29) is 16.9 Å². The predicted molar refractivity (Wildman–Crippen MR) is 128 cm³/mol. The van der Waals surface area contributed by atoms with Crippen molar-refractivity contribution in [1.29, 1.82) is 0 Å². The second-order valence-corrected chi connectivity index (χ2v) is 10.5. The minimum absolute atomic E-state index is 0.103. The van der Waals surface area contributed by atoms with E-state index >= 15 is 0 Å². The van der Waals surface area contributed by atoms with Crippen LogP contribution in [-0.2, 0) is 0 Å². The smallest absolute Gasteiger partial charge is 0.216 e. The van der Waals surface area contributed by atoms with E-state index in [4.69, 9.17) is 4.74 Å². The molecule has 2 fully saturated rings. The second kappa shape index (κ2) is 8.18. The molecular formula is C26H30FN5O2. The molecule has 0 amide bonds. The van der Waals surface area contributed by atoms with Gasteiger partial charge in [0.15, 0.2) is 5.82 Å². The van der Waals surface area contributed by atoms with Crippen molar-refractivity contribution in [1.82, 2.24) is 20.2 Å². The van der Waals surface area contributed by atoms with Crippen LogP contribution in [0, 0.1) is 16.6 Å². The van der Waals surface area contributed by atoms with Gasteiger partial charge < -0.3 is 14.7 Å². The van der Waals surface area contributed by atoms with E-state index in [1.165, 1.54) is 50.9 Å². The van der Waals surface area contributed by atoms with E-state index in [2.05, 4.69) is 46.0 Å². The molecule has 3 atom stereocenters. The van der Waals surface area contributed by atoms with Gasteiger partial charge in [0.2, 0.25) is 5.88 Å². The standard InChI is InChI=1S/C26H30FN5O2/c1-25-7-8-26(2,14-25)13-16(12-25)32(3)23-6-5-20(30-31-23)18-9-19(27)17(10-22(18)33)21-11-24(34-4)29-15-28-21/h5-6,9-11,15-16,33H,7-8,12-14H2,1-4H3/t16?,25-,26+. The van der Waals surface area contributed by atoms with Gasteiger partial charge in [-0.3, -0.25) is 0 Å². The number of ether oxygens (including phenoxy) is 1. The highest BCUT2D eigenvalue weighted by Gasteiger charge is 2.50. The van der Waals surface area contributed by atoms with Crippen molar-refractivity contribution in [3.05, 3.63) is 42.5 Å². The summed E-state index contributed by atoms with van der Waals surface area (Å²) >= 11 is 0. The quantitative estimate of drug-likeness (QED) is 0.553. The van der Waals surface area contributed by atoms with Crippen molar-refractivity contribution < 1.29 is 14.2 Å². The zero-order valence-electron chi connectivity index (χ0n) is 20.0. The summed E-state index contributed by atoms with van der Waals surface area (Å²) in [7, 11) is 3.55. The van der Waals surface area contributed by atoms with Crippen LogP contribution < -0.4 is 9.64 Å². The number of hydrogen-bond acceptors (Lipinski definition) is 7. The number of hydrogen-bond donors (Lipinski definition) is 1. The highest BCUT2D eigenvalue weighted by Crippen LogP contribution is 2.58. The lowest BCUT2D eigenvalue weighted by atomic mass is 9.68. The zero-order valence-corrected chi connectivity index (χ0v) is 20.0. The lowest BCUT2D eigenvalue weighted by Gasteiger charge is -2.44. The van der Waals surface area contributed by atoms with E-state index < -0.39 is 5.82 Å². The lowest BCUT2D eigenvalue weighted by molar-refractivity contribution is 0.148. The van der Waals surface area contributed by atoms with Gasteiger partial charge in [-0.15, -0.1) is 10.2 Å². The fourth-order valence-corrected chi connectivity index (χ4v) is 6.05. The molecule has 5 rings (SSSR count). The van der Waals surface area contributed by atoms with Gasteiger partial charge >= 0.3 is 0 Å². The maximum atomic E-state index is 15.0. The van der Waals surface area contributed by atoms with Crippen LogP contribution >= 0.6 is 0 Å². The van der Waals surface area contributed by atoms with E-state index in [0.29, 0.717) is 34.1 Å². The first kappa shape index (κ1) is 22.5. The van der Waals surface area contributed by atoms with E-state index in [1.54, 1.807) is 6.07 Å². The molecule has 8 heteroatoms. The molecule has 0 aliphatic heterocycles. The minimum Gasteiger partial charge on any atom is -0.507 e. The van der Waals surface area contributed by atoms with Crippen LogP contribution in [0.5, 0.6) is 11.6 Å². The van der Waals surface area contributed by atoms with E-state index in [1.807, 2.05) is 6.07 Å². The van der Waals surface area contributed by atoms with Gasteiger partial charge in [0.25, 0.3) is 0 Å². The van der Waals surface area contributed by atoms with Crippen molar-refractivity contribution in [2.24, 2.45) is 10.8 Å². The Morgan fingerprint density at radius 3 is 2.38 bits per heavy atom. The Bertz CT molecular complexity index is 1200. The molecule has 2 aliphatic carbocycles. The molecule has 2 saturated carbocycles. The van der Waals surface area contributed by atoms with Crippen LogP contribution in [0.2, 0.25) is 0 Å². The number of phenolic OH excluding ortho intramolecular Hbond substituents is 1. The molecular weight excluding hydrogens is 433 g/mol. The second-order valence-electron chi connectivity index (χ2n) is 10.5. The Morgan fingerprint density at radius 2 is 1.74 bits per heavy atom. The summed E-state index contributed by atoms with van der Waals surface area (Å²) < 4.78 is 20.1. The van der Waals surface area contributed by atoms with Gasteiger partial charge in [-0.05, 0) is 67.2 Å². The number of aromatic nitrogens is 4. The maximum Gasteiger partial charge on any atom is 0.216 e. The topological polar surface area (TPSA) is 84.3 Å². The summed E-state index contributed by atoms with van der Waals surface area (Å²) in [6.45, 7) is 4.82. The summed E-state index contributed by atoms with van der Waals surface area (Å²) in [4.78, 5) is 10.2. The van der Waals surface area contributed by atoms with Crippen molar-refractivity contribution >= 4 is 5.82 Å². The number of benzene rings is 1. The monoisotopic (exact) mass is 463 g/mol. The normalized spacial score (nSPS) is 25.9. The Labute approximate surface area is 199 Å². The van der Waals surface area contributed by atoms with Crippen LogP contribution in [0.25, 0.3) is 22.5 Å². The third-order valence-electron chi connectivity index (χ3n) is 7.69. The maximum absolute atomic E-state index is 15.0. The van der Waals surface area contributed by atoms with Gasteiger partial charge in [-0.1, -0.05) is 13.8 Å². The molecule has 1 aromatic carbocycles. The van der Waals surface area contributed by atoms with Gasteiger partial charge in [0.1, 0.15) is 17.9 Å². The van der Waals surface area contributed by atoms with Gasteiger partial charge in [0.05, 0.1) is 18.5 Å². The van der Waals surface area contributed by atoms with Crippen molar-refractivity contribution in [3.8, 4) is 34.1 Å². The fourth-order valence-electron chi connectivity index (χ4n) is 6.05. The first-order chi connectivity index (χ1) is 16.2. The molecule has 0 radical (unpaired) electrons. The summed E-state index contributed by atoms with van der Waals surface area (Å²) in [5.74, 6) is 0.462. The predicted octanol–water partition coefficient (Wildman–Crippen LogP) is 5.25. The molecule has 2 aromatic heterocycles. The number of rotatable bonds is 5. The molecule has 7 nitrogen and oxygen atoms in total. The molecule has 0 spiro atoms. The van der Waals surface area contributed by atoms with Crippen molar-refractivity contribution in [3.63, 3.8) is 0 Å². The highest BCUT2D eigenvalue weighted by atomic mass is 19.1. The Kier molecular flexibility index (Phi) is 5.41. The number of phenols is 1. The largest absolute Gasteiger partial charge is 0.507 e. The zero-order chi connectivity index (χ0) is 24.1.